The molecule has 1 saturated heterocycles. The van der Waals surface area contributed by atoms with E-state index in [2.05, 4.69) is 43.6 Å². The molecule has 2 N–H and O–H groups in total. The predicted octanol–water partition coefficient (Wildman–Crippen LogP) is 3.38. The highest BCUT2D eigenvalue weighted by Crippen LogP contribution is 2.53. The summed E-state index contributed by atoms with van der Waals surface area (Å²) in [5, 5.41) is 0. The van der Waals surface area contributed by atoms with Gasteiger partial charge in [-0.05, 0) is 48.6 Å². The number of hydrogen-bond donors (Lipinski definition) is 1. The molecule has 0 radical (unpaired) electrons. The molecule has 1 aliphatic heterocycles. The number of fused-ring (bicyclic) bond motifs is 2. The minimum atomic E-state index is 0.448. The van der Waals surface area contributed by atoms with Crippen LogP contribution in [0.4, 0.5) is 11.5 Å². The molecule has 2 unspecified atom stereocenters. The fourth-order valence-electron chi connectivity index (χ4n) is 4.44. The van der Waals surface area contributed by atoms with Gasteiger partial charge in [-0.2, -0.15) is 0 Å². The van der Waals surface area contributed by atoms with E-state index in [-0.39, 0.29) is 0 Å². The van der Waals surface area contributed by atoms with Gasteiger partial charge in [-0.15, -0.1) is 0 Å². The third-order valence-corrected chi connectivity index (χ3v) is 4.85. The van der Waals surface area contributed by atoms with Crippen molar-refractivity contribution in [3.8, 4) is 0 Å². The molecule has 2 aliphatic rings. The standard InChI is InChI=1S/C16H25N3/c1-11-5-14(18-8-13(11)17)19-10-16(4)7-12(19)6-15(2,3)9-16/h5,8,12H,6-7,9-10,17H2,1-4H3. The topological polar surface area (TPSA) is 42.2 Å². The molecule has 1 saturated carbocycles. The zero-order chi connectivity index (χ0) is 13.8. The second-order valence-electron chi connectivity index (χ2n) is 7.74. The van der Waals surface area contributed by atoms with E-state index in [0.29, 0.717) is 16.9 Å². The Morgan fingerprint density at radius 3 is 2.74 bits per heavy atom. The molecule has 3 heteroatoms. The maximum absolute atomic E-state index is 5.88. The summed E-state index contributed by atoms with van der Waals surface area (Å²) in [6.45, 7) is 10.4. The Hall–Kier alpha value is -1.25. The Morgan fingerprint density at radius 2 is 2.05 bits per heavy atom. The van der Waals surface area contributed by atoms with Gasteiger partial charge in [0, 0.05) is 12.6 Å². The van der Waals surface area contributed by atoms with Crippen LogP contribution in [-0.2, 0) is 0 Å². The lowest BCUT2D eigenvalue weighted by molar-refractivity contribution is 0.136. The van der Waals surface area contributed by atoms with Gasteiger partial charge in [-0.25, -0.2) is 4.98 Å². The second-order valence-corrected chi connectivity index (χ2v) is 7.74. The summed E-state index contributed by atoms with van der Waals surface area (Å²) in [5.41, 5.74) is 8.71. The normalized spacial score (nSPS) is 32.6. The van der Waals surface area contributed by atoms with Gasteiger partial charge in [-0.1, -0.05) is 20.8 Å². The number of pyridine rings is 1. The van der Waals surface area contributed by atoms with Gasteiger partial charge in [0.05, 0.1) is 11.9 Å². The fraction of sp³-hybridized carbons (Fsp3) is 0.688. The van der Waals surface area contributed by atoms with E-state index in [1.165, 1.54) is 19.3 Å². The van der Waals surface area contributed by atoms with Crippen LogP contribution >= 0.6 is 0 Å². The summed E-state index contributed by atoms with van der Waals surface area (Å²) in [6.07, 6.45) is 5.70. The van der Waals surface area contributed by atoms with Crippen molar-refractivity contribution in [1.29, 1.82) is 0 Å². The largest absolute Gasteiger partial charge is 0.397 e. The monoisotopic (exact) mass is 259 g/mol. The lowest BCUT2D eigenvalue weighted by Gasteiger charge is -2.39. The first-order valence-electron chi connectivity index (χ1n) is 7.27. The van der Waals surface area contributed by atoms with Crippen LogP contribution in [-0.4, -0.2) is 17.6 Å². The first kappa shape index (κ1) is 12.8. The van der Waals surface area contributed by atoms with Crippen molar-refractivity contribution in [3.05, 3.63) is 17.8 Å². The minimum absolute atomic E-state index is 0.448. The second kappa shape index (κ2) is 3.87. The summed E-state index contributed by atoms with van der Waals surface area (Å²) < 4.78 is 0. The number of nitrogen functional groups attached to an aromatic ring is 1. The molecular weight excluding hydrogens is 234 g/mol. The predicted molar refractivity (Wildman–Crippen MR) is 80.3 cm³/mol. The maximum atomic E-state index is 5.88. The first-order valence-corrected chi connectivity index (χ1v) is 7.27. The molecule has 1 aliphatic carbocycles. The van der Waals surface area contributed by atoms with Crippen molar-refractivity contribution < 1.29 is 0 Å². The number of rotatable bonds is 1. The number of nitrogens with two attached hydrogens (primary N) is 1. The van der Waals surface area contributed by atoms with Crippen molar-refractivity contribution in [2.45, 2.75) is 53.0 Å². The highest BCUT2D eigenvalue weighted by atomic mass is 15.2. The number of nitrogens with zero attached hydrogens (tertiary/aromatic N) is 2. The summed E-state index contributed by atoms with van der Waals surface area (Å²) in [7, 11) is 0. The molecule has 0 spiro atoms. The van der Waals surface area contributed by atoms with Crippen LogP contribution in [0.25, 0.3) is 0 Å². The quantitative estimate of drug-likeness (QED) is 0.840. The van der Waals surface area contributed by atoms with Crippen LogP contribution in [0.2, 0.25) is 0 Å². The highest BCUT2D eigenvalue weighted by molar-refractivity contribution is 5.53. The maximum Gasteiger partial charge on any atom is 0.129 e. The molecule has 0 amide bonds. The van der Waals surface area contributed by atoms with Gasteiger partial charge >= 0.3 is 0 Å². The van der Waals surface area contributed by atoms with Crippen LogP contribution in [0.15, 0.2) is 12.3 Å². The molecule has 2 heterocycles. The number of anilines is 2. The Kier molecular flexibility index (Phi) is 2.60. The van der Waals surface area contributed by atoms with Gasteiger partial charge < -0.3 is 10.6 Å². The van der Waals surface area contributed by atoms with E-state index < -0.39 is 0 Å². The molecule has 1 aromatic rings. The van der Waals surface area contributed by atoms with E-state index in [1.807, 2.05) is 0 Å². The molecule has 2 atom stereocenters. The fourth-order valence-corrected chi connectivity index (χ4v) is 4.44. The van der Waals surface area contributed by atoms with Crippen LogP contribution in [0.5, 0.6) is 0 Å². The smallest absolute Gasteiger partial charge is 0.129 e. The Labute approximate surface area is 116 Å². The lowest BCUT2D eigenvalue weighted by atomic mass is 9.65. The van der Waals surface area contributed by atoms with Gasteiger partial charge in [0.2, 0.25) is 0 Å². The summed E-state index contributed by atoms with van der Waals surface area (Å²) in [6, 6.07) is 2.79. The third-order valence-electron chi connectivity index (χ3n) is 4.85. The van der Waals surface area contributed by atoms with Crippen molar-refractivity contribution in [3.63, 3.8) is 0 Å². The zero-order valence-corrected chi connectivity index (χ0v) is 12.5. The Morgan fingerprint density at radius 1 is 1.32 bits per heavy atom. The number of aromatic nitrogens is 1. The van der Waals surface area contributed by atoms with Crippen molar-refractivity contribution >= 4 is 11.5 Å². The molecule has 3 rings (SSSR count). The molecule has 3 nitrogen and oxygen atoms in total. The molecule has 2 bridgehead atoms. The van der Waals surface area contributed by atoms with Crippen molar-refractivity contribution in [2.75, 3.05) is 17.2 Å². The first-order chi connectivity index (χ1) is 8.78. The van der Waals surface area contributed by atoms with Gasteiger partial charge in [-0.3, -0.25) is 0 Å². The van der Waals surface area contributed by atoms with Crippen LogP contribution in [0.1, 0.15) is 45.6 Å². The van der Waals surface area contributed by atoms with Crippen LogP contribution in [0.3, 0.4) is 0 Å². The van der Waals surface area contributed by atoms with Gasteiger partial charge in [0.1, 0.15) is 5.82 Å². The van der Waals surface area contributed by atoms with Gasteiger partial charge in [0.25, 0.3) is 0 Å². The SMILES string of the molecule is Cc1cc(N2CC3(C)CC2CC(C)(C)C3)ncc1N. The molecule has 1 aromatic heterocycles. The highest BCUT2D eigenvalue weighted by Gasteiger charge is 2.49. The molecule has 104 valence electrons. The molecular formula is C16H25N3. The third kappa shape index (κ3) is 2.19. The molecule has 19 heavy (non-hydrogen) atoms. The average molecular weight is 259 g/mol. The summed E-state index contributed by atoms with van der Waals surface area (Å²) in [5.74, 6) is 1.11. The summed E-state index contributed by atoms with van der Waals surface area (Å²) in [4.78, 5) is 7.08. The van der Waals surface area contributed by atoms with E-state index in [1.54, 1.807) is 6.20 Å². The summed E-state index contributed by atoms with van der Waals surface area (Å²) >= 11 is 0. The minimum Gasteiger partial charge on any atom is -0.397 e. The number of hydrogen-bond acceptors (Lipinski definition) is 3. The van der Waals surface area contributed by atoms with E-state index in [9.17, 15) is 0 Å². The number of aryl methyl sites for hydroxylation is 1. The molecule has 2 fully saturated rings. The van der Waals surface area contributed by atoms with Crippen LogP contribution in [0, 0.1) is 17.8 Å². The lowest BCUT2D eigenvalue weighted by Crippen LogP contribution is -2.35. The molecule has 0 aromatic carbocycles. The van der Waals surface area contributed by atoms with Gasteiger partial charge in [0.15, 0.2) is 0 Å². The van der Waals surface area contributed by atoms with Crippen molar-refractivity contribution in [1.82, 2.24) is 4.98 Å². The van der Waals surface area contributed by atoms with E-state index in [0.717, 1.165) is 23.6 Å². The Bertz CT molecular complexity index is 509. The van der Waals surface area contributed by atoms with E-state index in [4.69, 9.17) is 5.73 Å². The Balaban J connectivity index is 1.93. The van der Waals surface area contributed by atoms with Crippen LogP contribution < -0.4 is 10.6 Å². The average Bonchev–Trinajstić information content (AvgIpc) is 2.52. The van der Waals surface area contributed by atoms with Crippen molar-refractivity contribution in [2.24, 2.45) is 10.8 Å². The van der Waals surface area contributed by atoms with E-state index >= 15 is 0 Å². The zero-order valence-electron chi connectivity index (χ0n) is 12.5.